The fourth-order valence-corrected chi connectivity index (χ4v) is 5.38. The molecule has 0 aliphatic carbocycles. The smallest absolute Gasteiger partial charge is 0.227 e. The van der Waals surface area contributed by atoms with Crippen molar-refractivity contribution in [2.75, 3.05) is 0 Å². The molecule has 0 unspecified atom stereocenters. The molecule has 8 aromatic rings. The molecule has 8 rings (SSSR count). The number of hydrogen-bond donors (Lipinski definition) is 0. The minimum atomic E-state index is 0.630. The van der Waals surface area contributed by atoms with E-state index in [9.17, 15) is 0 Å². The van der Waals surface area contributed by atoms with Gasteiger partial charge < -0.3 is 4.42 Å². The summed E-state index contributed by atoms with van der Waals surface area (Å²) >= 11 is 0. The van der Waals surface area contributed by atoms with E-state index in [1.165, 1.54) is 0 Å². The lowest BCUT2D eigenvalue weighted by Gasteiger charge is -2.12. The first-order chi connectivity index (χ1) is 19.3. The van der Waals surface area contributed by atoms with Gasteiger partial charge in [0.1, 0.15) is 5.52 Å². The minimum absolute atomic E-state index is 0.630. The summed E-state index contributed by atoms with van der Waals surface area (Å²) in [6.45, 7) is 0. The molecule has 0 saturated heterocycles. The van der Waals surface area contributed by atoms with Crippen LogP contribution in [0, 0.1) is 0 Å². The molecule has 6 aromatic carbocycles. The van der Waals surface area contributed by atoms with Crippen molar-refractivity contribution in [2.45, 2.75) is 0 Å². The fraction of sp³-hybridized carbons (Fsp3) is 0. The van der Waals surface area contributed by atoms with E-state index in [2.05, 4.69) is 48.5 Å². The lowest BCUT2D eigenvalue weighted by molar-refractivity contribution is 0.623. The predicted octanol–water partition coefficient (Wildman–Crippen LogP) is 9.08. The van der Waals surface area contributed by atoms with Crippen molar-refractivity contribution in [3.8, 4) is 34.0 Å². The molecule has 0 radical (unpaired) electrons. The highest BCUT2D eigenvalue weighted by Gasteiger charge is 2.16. The Morgan fingerprint density at radius 3 is 1.79 bits per heavy atom. The summed E-state index contributed by atoms with van der Waals surface area (Å²) in [5.41, 5.74) is 8.19. The van der Waals surface area contributed by atoms with Gasteiger partial charge in [-0.25, -0.2) is 15.0 Å². The van der Waals surface area contributed by atoms with E-state index in [4.69, 9.17) is 19.4 Å². The number of fused-ring (bicyclic) bond motifs is 6. The average Bonchev–Trinajstić information content (AvgIpc) is 3.46. The van der Waals surface area contributed by atoms with Crippen molar-refractivity contribution < 1.29 is 4.42 Å². The van der Waals surface area contributed by atoms with Gasteiger partial charge in [-0.3, -0.25) is 0 Å². The fourth-order valence-electron chi connectivity index (χ4n) is 5.38. The molecule has 0 bridgehead atoms. The SMILES string of the molecule is c1ccc(-c2nc3ccc4ccc5cc(-c6nc7ccccc7nc6-c6ccccc6)ccc5c4c3o2)cc1. The average molecular weight is 500 g/mol. The molecule has 0 amide bonds. The molecule has 0 saturated carbocycles. The highest BCUT2D eigenvalue weighted by molar-refractivity contribution is 6.18. The van der Waals surface area contributed by atoms with Gasteiger partial charge in [0.25, 0.3) is 0 Å². The van der Waals surface area contributed by atoms with Crippen molar-refractivity contribution in [1.82, 2.24) is 15.0 Å². The van der Waals surface area contributed by atoms with Crippen LogP contribution in [0.3, 0.4) is 0 Å². The van der Waals surface area contributed by atoms with Crippen LogP contribution < -0.4 is 0 Å². The second kappa shape index (κ2) is 8.61. The van der Waals surface area contributed by atoms with E-state index in [0.717, 1.165) is 71.8 Å². The summed E-state index contributed by atoms with van der Waals surface area (Å²) in [6, 6.07) is 43.3. The normalized spacial score (nSPS) is 11.6. The van der Waals surface area contributed by atoms with E-state index < -0.39 is 0 Å². The Balaban J connectivity index is 1.36. The summed E-state index contributed by atoms with van der Waals surface area (Å²) in [6.07, 6.45) is 0. The summed E-state index contributed by atoms with van der Waals surface area (Å²) < 4.78 is 6.38. The quantitative estimate of drug-likeness (QED) is 0.228. The molecule has 4 nitrogen and oxygen atoms in total. The molecule has 182 valence electrons. The number of hydrogen-bond acceptors (Lipinski definition) is 4. The van der Waals surface area contributed by atoms with Crippen LogP contribution in [0.2, 0.25) is 0 Å². The molecular formula is C35H21N3O. The summed E-state index contributed by atoms with van der Waals surface area (Å²) in [4.78, 5) is 14.9. The Bertz CT molecular complexity index is 2170. The van der Waals surface area contributed by atoms with Crippen LogP contribution in [-0.2, 0) is 0 Å². The van der Waals surface area contributed by atoms with Crippen molar-refractivity contribution >= 4 is 43.7 Å². The van der Waals surface area contributed by atoms with E-state index >= 15 is 0 Å². The molecule has 39 heavy (non-hydrogen) atoms. The zero-order valence-electron chi connectivity index (χ0n) is 20.9. The summed E-state index contributed by atoms with van der Waals surface area (Å²) in [7, 11) is 0. The highest BCUT2D eigenvalue weighted by atomic mass is 16.3. The molecule has 0 aliphatic heterocycles. The molecule has 4 heteroatoms. The number of nitrogens with zero attached hydrogens (tertiary/aromatic N) is 3. The molecule has 0 aliphatic rings. The Morgan fingerprint density at radius 1 is 0.436 bits per heavy atom. The molecule has 0 fully saturated rings. The van der Waals surface area contributed by atoms with Gasteiger partial charge in [-0.05, 0) is 52.6 Å². The second-order valence-electron chi connectivity index (χ2n) is 9.67. The van der Waals surface area contributed by atoms with E-state index in [-0.39, 0.29) is 0 Å². The topological polar surface area (TPSA) is 51.8 Å². The van der Waals surface area contributed by atoms with Gasteiger partial charge >= 0.3 is 0 Å². The third-order valence-corrected chi connectivity index (χ3v) is 7.27. The molecular weight excluding hydrogens is 478 g/mol. The van der Waals surface area contributed by atoms with Gasteiger partial charge in [-0.1, -0.05) is 91.0 Å². The molecule has 0 N–H and O–H groups in total. The zero-order chi connectivity index (χ0) is 25.8. The molecule has 2 heterocycles. The summed E-state index contributed by atoms with van der Waals surface area (Å²) in [5, 5.41) is 4.42. The third-order valence-electron chi connectivity index (χ3n) is 7.27. The van der Waals surface area contributed by atoms with Gasteiger partial charge in [0.15, 0.2) is 5.58 Å². The van der Waals surface area contributed by atoms with Crippen LogP contribution in [0.25, 0.3) is 77.6 Å². The van der Waals surface area contributed by atoms with Crippen molar-refractivity contribution in [3.63, 3.8) is 0 Å². The van der Waals surface area contributed by atoms with E-state index in [1.807, 2.05) is 78.9 Å². The van der Waals surface area contributed by atoms with Gasteiger partial charge in [0, 0.05) is 22.1 Å². The first-order valence-corrected chi connectivity index (χ1v) is 13.0. The first kappa shape index (κ1) is 21.7. The minimum Gasteiger partial charge on any atom is -0.435 e. The largest absolute Gasteiger partial charge is 0.435 e. The van der Waals surface area contributed by atoms with Crippen molar-refractivity contribution in [3.05, 3.63) is 127 Å². The summed E-state index contributed by atoms with van der Waals surface area (Å²) in [5.74, 6) is 0.630. The van der Waals surface area contributed by atoms with Crippen LogP contribution in [-0.4, -0.2) is 15.0 Å². The van der Waals surface area contributed by atoms with Gasteiger partial charge in [0.05, 0.1) is 22.4 Å². The van der Waals surface area contributed by atoms with Crippen LogP contribution in [0.1, 0.15) is 0 Å². The van der Waals surface area contributed by atoms with Crippen LogP contribution in [0.15, 0.2) is 132 Å². The highest BCUT2D eigenvalue weighted by Crippen LogP contribution is 2.37. The van der Waals surface area contributed by atoms with E-state index in [0.29, 0.717) is 5.89 Å². The van der Waals surface area contributed by atoms with Gasteiger partial charge in [-0.15, -0.1) is 0 Å². The Morgan fingerprint density at radius 2 is 1.05 bits per heavy atom. The lowest BCUT2D eigenvalue weighted by Crippen LogP contribution is -1.95. The monoisotopic (exact) mass is 499 g/mol. The lowest BCUT2D eigenvalue weighted by atomic mass is 9.97. The maximum Gasteiger partial charge on any atom is 0.227 e. The Hall–Kier alpha value is -5.35. The molecule has 2 aromatic heterocycles. The van der Waals surface area contributed by atoms with Crippen LogP contribution >= 0.6 is 0 Å². The first-order valence-electron chi connectivity index (χ1n) is 13.0. The number of aromatic nitrogens is 3. The van der Waals surface area contributed by atoms with Crippen LogP contribution in [0.5, 0.6) is 0 Å². The van der Waals surface area contributed by atoms with E-state index in [1.54, 1.807) is 0 Å². The van der Waals surface area contributed by atoms with Gasteiger partial charge in [0.2, 0.25) is 5.89 Å². The predicted molar refractivity (Wildman–Crippen MR) is 158 cm³/mol. The maximum absolute atomic E-state index is 6.38. The third kappa shape index (κ3) is 3.57. The molecule has 0 spiro atoms. The standard InChI is InChI=1S/C35H21N3O/c1-3-9-23(10-4-1)32-33(37-29-14-8-7-13-28(29)36-32)26-17-19-27-25(21-26)16-15-22-18-20-30-34(31(22)27)39-35(38-30)24-11-5-2-6-12-24/h1-21H. The number of rotatable bonds is 3. The van der Waals surface area contributed by atoms with Crippen molar-refractivity contribution in [2.24, 2.45) is 0 Å². The maximum atomic E-state index is 6.38. The number of benzene rings is 6. The second-order valence-corrected chi connectivity index (χ2v) is 9.67. The Labute approximate surface area is 224 Å². The zero-order valence-corrected chi connectivity index (χ0v) is 20.9. The number of oxazole rings is 1. The molecule has 0 atom stereocenters. The van der Waals surface area contributed by atoms with Gasteiger partial charge in [-0.2, -0.15) is 0 Å². The number of para-hydroxylation sites is 2. The Kier molecular flexibility index (Phi) is 4.79. The van der Waals surface area contributed by atoms with Crippen LogP contribution in [0.4, 0.5) is 0 Å². The van der Waals surface area contributed by atoms with Crippen molar-refractivity contribution in [1.29, 1.82) is 0 Å².